The minimum Gasteiger partial charge on any atom is -0.404 e. The molecule has 0 N–H and O–H groups in total. The van der Waals surface area contributed by atoms with Gasteiger partial charge in [0.05, 0.1) is 0 Å². The third kappa shape index (κ3) is 2.78. The van der Waals surface area contributed by atoms with Gasteiger partial charge < -0.3 is 4.42 Å². The van der Waals surface area contributed by atoms with E-state index in [1.54, 1.807) is 17.7 Å². The lowest BCUT2D eigenvalue weighted by Gasteiger charge is -1.99. The van der Waals surface area contributed by atoms with Crippen LogP contribution >= 0.6 is 11.3 Å². The van der Waals surface area contributed by atoms with Crippen LogP contribution in [0.25, 0.3) is 21.3 Å². The number of fused-ring (bicyclic) bond motifs is 2. The maximum absolute atomic E-state index is 5.62. The third-order valence-electron chi connectivity index (χ3n) is 4.69. The summed E-state index contributed by atoms with van der Waals surface area (Å²) in [6.45, 7) is 1.71. The van der Waals surface area contributed by atoms with E-state index in [1.165, 1.54) is 21.3 Å². The lowest BCUT2D eigenvalue weighted by Crippen LogP contribution is -2.33. The summed E-state index contributed by atoms with van der Waals surface area (Å²) in [6, 6.07) is 25.5. The fraction of sp³-hybridized carbons (Fsp3) is 0.0909. The predicted molar refractivity (Wildman–Crippen MR) is 103 cm³/mol. The second-order valence-corrected chi connectivity index (χ2v) is 7.34. The molecule has 0 saturated carbocycles. The number of aromatic nitrogens is 2. The summed E-state index contributed by atoms with van der Waals surface area (Å²) in [5, 5.41) is 0. The van der Waals surface area contributed by atoms with Crippen molar-refractivity contribution < 1.29 is 13.6 Å². The molecule has 126 valence electrons. The number of hydrogen-bond donors (Lipinski definition) is 0. The minimum absolute atomic E-state index is 0.811. The summed E-state index contributed by atoms with van der Waals surface area (Å²) in [4.78, 5) is 0. The molecule has 0 saturated heterocycles. The zero-order chi connectivity index (χ0) is 17.3. The van der Waals surface area contributed by atoms with Crippen LogP contribution in [0.1, 0.15) is 11.1 Å². The molecule has 0 fully saturated rings. The maximum atomic E-state index is 5.62. The first-order valence-electron chi connectivity index (χ1n) is 8.66. The van der Waals surface area contributed by atoms with E-state index in [4.69, 9.17) is 4.42 Å². The van der Waals surface area contributed by atoms with Crippen LogP contribution in [0, 0.1) is 0 Å². The van der Waals surface area contributed by atoms with Crippen molar-refractivity contribution in [2.75, 3.05) is 0 Å². The van der Waals surface area contributed by atoms with Crippen molar-refractivity contribution >= 4 is 32.7 Å². The topological polar surface area (TPSA) is 20.9 Å². The molecule has 0 atom stereocenters. The number of rotatable bonds is 4. The molecule has 0 amide bonds. The molecule has 4 heteroatoms. The van der Waals surface area contributed by atoms with Gasteiger partial charge in [0.1, 0.15) is 4.70 Å². The Bertz CT molecular complexity index is 1090. The Morgan fingerprint density at radius 3 is 2.15 bits per heavy atom. The molecule has 0 bridgehead atoms. The Balaban J connectivity index is 1.37. The number of hydrogen-bond acceptors (Lipinski definition) is 2. The Labute approximate surface area is 155 Å². The number of para-hydroxylation sites is 3. The third-order valence-corrected chi connectivity index (χ3v) is 5.65. The van der Waals surface area contributed by atoms with Crippen LogP contribution in [0.5, 0.6) is 0 Å². The van der Waals surface area contributed by atoms with E-state index in [9.17, 15) is 0 Å². The van der Waals surface area contributed by atoms with Crippen molar-refractivity contribution in [1.29, 1.82) is 0 Å². The van der Waals surface area contributed by atoms with Crippen LogP contribution in [0.15, 0.2) is 89.1 Å². The molecule has 0 aliphatic carbocycles. The molecule has 5 aromatic rings. The van der Waals surface area contributed by atoms with Crippen LogP contribution in [-0.4, -0.2) is 0 Å². The molecule has 0 aliphatic rings. The highest BCUT2D eigenvalue weighted by Crippen LogP contribution is 2.16. The van der Waals surface area contributed by atoms with Gasteiger partial charge in [-0.2, -0.15) is 9.13 Å². The average Bonchev–Trinajstić information content (AvgIpc) is 3.28. The highest BCUT2D eigenvalue weighted by atomic mass is 32.1. The van der Waals surface area contributed by atoms with Crippen molar-refractivity contribution in [1.82, 2.24) is 0 Å². The lowest BCUT2D eigenvalue weighted by molar-refractivity contribution is -0.667. The van der Waals surface area contributed by atoms with E-state index >= 15 is 0 Å². The summed E-state index contributed by atoms with van der Waals surface area (Å²) in [6.07, 6.45) is 1.80. The largest absolute Gasteiger partial charge is 0.404 e. The van der Waals surface area contributed by atoms with Crippen molar-refractivity contribution in [3.8, 4) is 0 Å². The minimum atomic E-state index is 0.811. The fourth-order valence-electron chi connectivity index (χ4n) is 3.33. The highest BCUT2D eigenvalue weighted by molar-refractivity contribution is 7.16. The lowest BCUT2D eigenvalue weighted by atomic mass is 10.1. The van der Waals surface area contributed by atoms with Crippen LogP contribution in [0.4, 0.5) is 0 Å². The highest BCUT2D eigenvalue weighted by Gasteiger charge is 2.14. The molecule has 2 aromatic heterocycles. The second-order valence-electron chi connectivity index (χ2n) is 6.45. The molecule has 0 aliphatic heterocycles. The molecular weight excluding hydrogens is 340 g/mol. The summed E-state index contributed by atoms with van der Waals surface area (Å²) in [5.41, 5.74) is 8.12. The maximum Gasteiger partial charge on any atom is 0.335 e. The Kier molecular flexibility index (Phi) is 3.76. The molecule has 3 nitrogen and oxygen atoms in total. The van der Waals surface area contributed by atoms with Gasteiger partial charge >= 0.3 is 6.39 Å². The van der Waals surface area contributed by atoms with Crippen molar-refractivity contribution in [3.05, 3.63) is 95.8 Å². The van der Waals surface area contributed by atoms with Gasteiger partial charge in [-0.1, -0.05) is 59.9 Å². The van der Waals surface area contributed by atoms with E-state index in [1.807, 2.05) is 18.2 Å². The molecule has 5 rings (SSSR count). The summed E-state index contributed by atoms with van der Waals surface area (Å²) in [5.74, 6) is 0. The molecule has 0 radical (unpaired) electrons. The zero-order valence-corrected chi connectivity index (χ0v) is 15.0. The molecule has 2 heterocycles. The standard InChI is InChI=1S/C22H18N2OS/c1-3-7-21-19(5-1)23(15-25-21)13-17-9-11-18(12-10-17)14-24-16-26-22-8-4-2-6-20(22)24/h1-12,15-16H,13-14H2/q+2. The number of thiazole rings is 1. The average molecular weight is 358 g/mol. The summed E-state index contributed by atoms with van der Waals surface area (Å²) >= 11 is 1.79. The predicted octanol–water partition coefficient (Wildman–Crippen LogP) is 4.32. The van der Waals surface area contributed by atoms with Gasteiger partial charge in [0.2, 0.25) is 16.6 Å². The van der Waals surface area contributed by atoms with Crippen LogP contribution in [0.3, 0.4) is 0 Å². The van der Waals surface area contributed by atoms with Crippen molar-refractivity contribution in [2.45, 2.75) is 13.1 Å². The van der Waals surface area contributed by atoms with Gasteiger partial charge in [-0.3, -0.25) is 0 Å². The van der Waals surface area contributed by atoms with Gasteiger partial charge in [0.25, 0.3) is 5.52 Å². The van der Waals surface area contributed by atoms with Crippen LogP contribution < -0.4 is 9.13 Å². The molecule has 0 unspecified atom stereocenters. The Hall–Kier alpha value is -2.98. The van der Waals surface area contributed by atoms with Crippen LogP contribution in [-0.2, 0) is 13.1 Å². The Morgan fingerprint density at radius 1 is 0.692 bits per heavy atom. The quantitative estimate of drug-likeness (QED) is 0.438. The van der Waals surface area contributed by atoms with Crippen molar-refractivity contribution in [2.24, 2.45) is 0 Å². The van der Waals surface area contributed by atoms with Gasteiger partial charge in [-0.15, -0.1) is 0 Å². The molecule has 26 heavy (non-hydrogen) atoms. The van der Waals surface area contributed by atoms with E-state index in [-0.39, 0.29) is 0 Å². The first-order chi connectivity index (χ1) is 12.9. The molecule has 0 spiro atoms. The van der Waals surface area contributed by atoms with Gasteiger partial charge in [-0.05, 0) is 12.1 Å². The monoisotopic (exact) mass is 358 g/mol. The first-order valence-corrected chi connectivity index (χ1v) is 9.54. The summed E-state index contributed by atoms with van der Waals surface area (Å²) < 4.78 is 11.4. The second kappa shape index (κ2) is 6.39. The fourth-order valence-corrected chi connectivity index (χ4v) is 4.22. The number of oxazole rings is 1. The van der Waals surface area contributed by atoms with E-state index in [0.717, 1.165) is 24.2 Å². The number of benzene rings is 3. The normalized spacial score (nSPS) is 11.4. The molecule has 3 aromatic carbocycles. The van der Waals surface area contributed by atoms with Gasteiger partial charge in [-0.25, -0.2) is 0 Å². The van der Waals surface area contributed by atoms with Gasteiger partial charge in [0, 0.05) is 23.3 Å². The zero-order valence-electron chi connectivity index (χ0n) is 14.2. The van der Waals surface area contributed by atoms with Crippen LogP contribution in [0.2, 0.25) is 0 Å². The molecular formula is C22H18N2OS+2. The van der Waals surface area contributed by atoms with Gasteiger partial charge in [0.15, 0.2) is 13.1 Å². The van der Waals surface area contributed by atoms with E-state index in [2.05, 4.69) is 69.2 Å². The smallest absolute Gasteiger partial charge is 0.335 e. The SMILES string of the molecule is c1ccc2c(c1)oc[n+]2Cc1ccc(C[n+]2csc3ccccc32)cc1. The van der Waals surface area contributed by atoms with Crippen molar-refractivity contribution in [3.63, 3.8) is 0 Å². The summed E-state index contributed by atoms with van der Waals surface area (Å²) in [7, 11) is 0. The first kappa shape index (κ1) is 15.3. The number of nitrogens with zero attached hydrogens (tertiary/aromatic N) is 2. The van der Waals surface area contributed by atoms with E-state index < -0.39 is 0 Å². The Morgan fingerprint density at radius 2 is 1.35 bits per heavy atom. The van der Waals surface area contributed by atoms with E-state index in [0.29, 0.717) is 0 Å².